The molecule has 0 aliphatic rings. The maximum Gasteiger partial charge on any atom is 0.261 e. The molecule has 25 heavy (non-hydrogen) atoms. The minimum absolute atomic E-state index is 0.185. The number of carbonyl (C=O) groups excluding carboxylic acids is 1. The molecule has 1 aromatic carbocycles. The average Bonchev–Trinajstić information content (AvgIpc) is 3.21. The zero-order chi connectivity index (χ0) is 17.8. The monoisotopic (exact) mass is 410 g/mol. The van der Waals surface area contributed by atoms with Crippen molar-refractivity contribution in [3.8, 4) is 0 Å². The topological polar surface area (TPSA) is 59.8 Å². The van der Waals surface area contributed by atoms with Crippen molar-refractivity contribution in [1.29, 1.82) is 0 Å². The molecule has 0 bridgehead atoms. The molecule has 1 amide bonds. The number of anilines is 1. The van der Waals surface area contributed by atoms with Crippen molar-refractivity contribution in [3.05, 3.63) is 52.7 Å². The van der Waals surface area contributed by atoms with Crippen molar-refractivity contribution in [2.24, 2.45) is 0 Å². The van der Waals surface area contributed by atoms with Crippen LogP contribution in [0.25, 0.3) is 0 Å². The van der Waals surface area contributed by atoms with Crippen LogP contribution in [0, 0.1) is 0 Å². The smallest absolute Gasteiger partial charge is 0.261 e. The van der Waals surface area contributed by atoms with E-state index in [1.54, 1.807) is 10.7 Å². The number of thioether (sulfide) groups is 2. The highest BCUT2D eigenvalue weighted by atomic mass is 35.5. The van der Waals surface area contributed by atoms with Crippen molar-refractivity contribution in [1.82, 2.24) is 14.2 Å². The van der Waals surface area contributed by atoms with Gasteiger partial charge in [-0.25, -0.2) is 0 Å². The van der Waals surface area contributed by atoms with Gasteiger partial charge in [-0.05, 0) is 41.7 Å². The van der Waals surface area contributed by atoms with Gasteiger partial charge in [-0.2, -0.15) is 9.47 Å². The lowest BCUT2D eigenvalue weighted by molar-refractivity contribution is 0.102. The molecule has 0 fully saturated rings. The number of hydrogen-bond acceptors (Lipinski definition) is 6. The third-order valence-electron chi connectivity index (χ3n) is 3.35. The van der Waals surface area contributed by atoms with Crippen LogP contribution < -0.4 is 5.32 Å². The van der Waals surface area contributed by atoms with Gasteiger partial charge in [0.15, 0.2) is 5.82 Å². The van der Waals surface area contributed by atoms with Gasteiger partial charge < -0.3 is 5.32 Å². The van der Waals surface area contributed by atoms with Gasteiger partial charge in [0.1, 0.15) is 5.03 Å². The number of nitrogens with one attached hydrogen (secondary N) is 1. The number of amides is 1. The van der Waals surface area contributed by atoms with E-state index < -0.39 is 0 Å². The van der Waals surface area contributed by atoms with Gasteiger partial charge in [0.25, 0.3) is 5.91 Å². The Morgan fingerprint density at radius 1 is 1.32 bits per heavy atom. The van der Waals surface area contributed by atoms with Crippen LogP contribution >= 0.6 is 46.7 Å². The molecule has 0 unspecified atom stereocenters. The summed E-state index contributed by atoms with van der Waals surface area (Å²) in [6.45, 7) is 0.586. The number of rotatable bonds is 6. The predicted molar refractivity (Wildman–Crippen MR) is 106 cm³/mol. The van der Waals surface area contributed by atoms with Crippen LogP contribution in [0.5, 0.6) is 0 Å². The Morgan fingerprint density at radius 3 is 2.88 bits per heavy atom. The van der Waals surface area contributed by atoms with Gasteiger partial charge in [-0.15, -0.1) is 23.5 Å². The predicted octanol–water partition coefficient (Wildman–Crippen LogP) is 4.74. The number of benzene rings is 1. The molecule has 2 aromatic heterocycles. The summed E-state index contributed by atoms with van der Waals surface area (Å²) in [4.78, 5) is 12.6. The second-order valence-electron chi connectivity index (χ2n) is 5.04. The van der Waals surface area contributed by atoms with Crippen LogP contribution in [0.4, 0.5) is 5.82 Å². The highest BCUT2D eigenvalue weighted by Gasteiger charge is 2.20. The lowest BCUT2D eigenvalue weighted by Crippen LogP contribution is -2.14. The quantitative estimate of drug-likeness (QED) is 0.595. The van der Waals surface area contributed by atoms with Gasteiger partial charge in [0.2, 0.25) is 0 Å². The van der Waals surface area contributed by atoms with Gasteiger partial charge >= 0.3 is 0 Å². The summed E-state index contributed by atoms with van der Waals surface area (Å²) in [6, 6.07) is 9.40. The summed E-state index contributed by atoms with van der Waals surface area (Å²) in [6.07, 6.45) is 5.68. The van der Waals surface area contributed by atoms with E-state index in [9.17, 15) is 4.79 Å². The first-order valence-corrected chi connectivity index (χ1v) is 10.9. The van der Waals surface area contributed by atoms with Gasteiger partial charge in [-0.3, -0.25) is 9.48 Å². The SMILES string of the molecule is CSc1nsc(SC)c1C(=O)Nc1ccn(Cc2cccc(Cl)c2)n1. The van der Waals surface area contributed by atoms with Crippen molar-refractivity contribution < 1.29 is 4.79 Å². The molecule has 5 nitrogen and oxygen atoms in total. The molecule has 0 saturated carbocycles. The van der Waals surface area contributed by atoms with E-state index >= 15 is 0 Å². The molecule has 2 heterocycles. The van der Waals surface area contributed by atoms with Gasteiger partial charge in [-0.1, -0.05) is 23.7 Å². The number of aromatic nitrogens is 3. The Kier molecular flexibility index (Phi) is 6.06. The number of hydrogen-bond donors (Lipinski definition) is 1. The van der Waals surface area contributed by atoms with Crippen LogP contribution in [0.15, 0.2) is 45.8 Å². The van der Waals surface area contributed by atoms with Crippen LogP contribution in [0.1, 0.15) is 15.9 Å². The van der Waals surface area contributed by atoms with Gasteiger partial charge in [0, 0.05) is 17.3 Å². The maximum absolute atomic E-state index is 12.6. The third-order valence-corrected chi connectivity index (χ3v) is 6.33. The molecular weight excluding hydrogens is 396 g/mol. The second kappa shape index (κ2) is 8.27. The molecule has 0 aliphatic carbocycles. The highest BCUT2D eigenvalue weighted by molar-refractivity contribution is 8.01. The molecule has 3 rings (SSSR count). The second-order valence-corrected chi connectivity index (χ2v) is 8.12. The van der Waals surface area contributed by atoms with Crippen molar-refractivity contribution >= 4 is 58.4 Å². The summed E-state index contributed by atoms with van der Waals surface area (Å²) in [5, 5.41) is 8.69. The first-order valence-electron chi connectivity index (χ1n) is 7.27. The molecule has 0 spiro atoms. The molecule has 9 heteroatoms. The van der Waals surface area contributed by atoms with Crippen LogP contribution in [-0.2, 0) is 6.54 Å². The fourth-order valence-corrected chi connectivity index (χ4v) is 4.74. The number of carbonyl (C=O) groups is 1. The van der Waals surface area contributed by atoms with E-state index in [4.69, 9.17) is 11.6 Å². The van der Waals surface area contributed by atoms with Gasteiger partial charge in [0.05, 0.1) is 16.3 Å². The van der Waals surface area contributed by atoms with E-state index in [0.717, 1.165) is 14.8 Å². The minimum Gasteiger partial charge on any atom is -0.305 e. The summed E-state index contributed by atoms with van der Waals surface area (Å²) in [7, 11) is 0. The van der Waals surface area contributed by atoms with E-state index in [1.807, 2.05) is 43.0 Å². The lowest BCUT2D eigenvalue weighted by atomic mass is 10.2. The Morgan fingerprint density at radius 2 is 2.16 bits per heavy atom. The molecule has 0 saturated heterocycles. The van der Waals surface area contributed by atoms with Crippen LogP contribution in [-0.4, -0.2) is 32.6 Å². The minimum atomic E-state index is -0.185. The summed E-state index contributed by atoms with van der Waals surface area (Å²) >= 11 is 10.3. The Bertz CT molecular complexity index is 872. The molecule has 3 aromatic rings. The Labute approximate surface area is 163 Å². The normalized spacial score (nSPS) is 10.8. The standard InChI is InChI=1S/C16H15ClN4OS3/c1-23-15-13(16(24-2)25-20-15)14(22)18-12-6-7-21(19-12)9-10-4-3-5-11(17)8-10/h3-8H,9H2,1-2H3,(H,18,19,22). The summed E-state index contributed by atoms with van der Waals surface area (Å²) in [5.41, 5.74) is 1.67. The highest BCUT2D eigenvalue weighted by Crippen LogP contribution is 2.33. The summed E-state index contributed by atoms with van der Waals surface area (Å²) < 4.78 is 6.99. The first-order chi connectivity index (χ1) is 12.1. The zero-order valence-electron chi connectivity index (χ0n) is 13.5. The lowest BCUT2D eigenvalue weighted by Gasteiger charge is -2.04. The zero-order valence-corrected chi connectivity index (χ0v) is 16.7. The molecule has 0 aliphatic heterocycles. The Hall–Kier alpha value is -1.48. The van der Waals surface area contributed by atoms with Crippen LogP contribution in [0.2, 0.25) is 5.02 Å². The molecule has 0 atom stereocenters. The van der Waals surface area contributed by atoms with Crippen molar-refractivity contribution in [3.63, 3.8) is 0 Å². The first kappa shape index (κ1) is 18.3. The molecule has 0 radical (unpaired) electrons. The fourth-order valence-electron chi connectivity index (χ4n) is 2.25. The van der Waals surface area contributed by atoms with Crippen molar-refractivity contribution in [2.45, 2.75) is 15.8 Å². The fraction of sp³-hybridized carbons (Fsp3) is 0.188. The van der Waals surface area contributed by atoms with Crippen LogP contribution in [0.3, 0.4) is 0 Å². The number of nitrogens with zero attached hydrogens (tertiary/aromatic N) is 3. The average molecular weight is 411 g/mol. The van der Waals surface area contributed by atoms with E-state index in [2.05, 4.69) is 14.8 Å². The molecule has 1 N–H and O–H groups in total. The Balaban J connectivity index is 1.73. The summed E-state index contributed by atoms with van der Waals surface area (Å²) in [5.74, 6) is 0.327. The van der Waals surface area contributed by atoms with E-state index in [1.165, 1.54) is 35.1 Å². The number of halogens is 1. The largest absolute Gasteiger partial charge is 0.305 e. The van der Waals surface area contributed by atoms with Crippen molar-refractivity contribution in [2.75, 3.05) is 17.8 Å². The maximum atomic E-state index is 12.6. The molecular formula is C16H15ClN4OS3. The third kappa shape index (κ3) is 4.38. The van der Waals surface area contributed by atoms with E-state index in [0.29, 0.717) is 22.9 Å². The molecule has 130 valence electrons. The van der Waals surface area contributed by atoms with E-state index in [-0.39, 0.29) is 5.91 Å².